The summed E-state index contributed by atoms with van der Waals surface area (Å²) in [5.41, 5.74) is 1.23. The fourth-order valence-corrected chi connectivity index (χ4v) is 1.60. The average Bonchev–Trinajstić information content (AvgIpc) is 2.29. The van der Waals surface area contributed by atoms with E-state index >= 15 is 0 Å². The molecule has 2 heterocycles. The van der Waals surface area contributed by atoms with Crippen molar-refractivity contribution in [3.63, 3.8) is 0 Å². The number of thiol groups is 1. The molecule has 0 saturated carbocycles. The minimum absolute atomic E-state index is 0.228. The first kappa shape index (κ1) is 11.8. The predicted molar refractivity (Wildman–Crippen MR) is 67.2 cm³/mol. The predicted octanol–water partition coefficient (Wildman–Crippen LogP) is 0.934. The van der Waals surface area contributed by atoms with Crippen LogP contribution in [0.2, 0.25) is 0 Å². The maximum Gasteiger partial charge on any atom is 0.276 e. The van der Waals surface area contributed by atoms with Gasteiger partial charge in [-0.25, -0.2) is 9.97 Å². The van der Waals surface area contributed by atoms with E-state index in [1.807, 2.05) is 6.92 Å². The van der Waals surface area contributed by atoms with Gasteiger partial charge in [0.15, 0.2) is 0 Å². The molecule has 6 heteroatoms. The maximum atomic E-state index is 11.7. The molecule has 2 aromatic heterocycles. The molecule has 0 aliphatic carbocycles. The van der Waals surface area contributed by atoms with Gasteiger partial charge in [-0.2, -0.15) is 4.98 Å². The lowest BCUT2D eigenvalue weighted by molar-refractivity contribution is 0.925. The third kappa shape index (κ3) is 2.71. The Morgan fingerprint density at radius 1 is 1.29 bits per heavy atom. The number of aryl methyl sites for hydroxylation is 2. The number of hydrogen-bond acceptors (Lipinski definition) is 5. The van der Waals surface area contributed by atoms with Crippen LogP contribution in [0.5, 0.6) is 0 Å². The summed E-state index contributed by atoms with van der Waals surface area (Å²) in [6, 6.07) is 0. The topological polar surface area (TPSA) is 60.7 Å². The van der Waals surface area contributed by atoms with Gasteiger partial charge < -0.3 is 0 Å². The van der Waals surface area contributed by atoms with Gasteiger partial charge in [0.25, 0.3) is 5.56 Å². The Balaban J connectivity index is 2.33. The fraction of sp³-hybridized carbons (Fsp3) is 0.273. The molecule has 0 radical (unpaired) electrons. The van der Waals surface area contributed by atoms with Crippen LogP contribution in [0.1, 0.15) is 22.8 Å². The first-order chi connectivity index (χ1) is 8.06. The van der Waals surface area contributed by atoms with Gasteiger partial charge in [0.2, 0.25) is 0 Å². The molecule has 2 rings (SSSR count). The highest BCUT2D eigenvalue weighted by Gasteiger charge is 2.05. The fourth-order valence-electron chi connectivity index (χ4n) is 1.42. The van der Waals surface area contributed by atoms with E-state index in [2.05, 4.69) is 27.8 Å². The van der Waals surface area contributed by atoms with Gasteiger partial charge in [0.05, 0.1) is 0 Å². The molecule has 0 aliphatic rings. The molecule has 88 valence electrons. The molecule has 0 unspecified atom stereocenters. The van der Waals surface area contributed by atoms with Crippen molar-refractivity contribution in [1.82, 2.24) is 18.9 Å². The average molecular weight is 248 g/mol. The molecule has 0 amide bonds. The van der Waals surface area contributed by atoms with Crippen molar-refractivity contribution in [3.05, 3.63) is 51.7 Å². The molecule has 0 bridgehead atoms. The standard InChI is InChI=1S/C11H12N4OS/c1-7-12-4-9(5-13-7)3-10-6-15(17)8(2)14-11(10)16/h4-6,17H,3H2,1-2H3. The Morgan fingerprint density at radius 3 is 2.59 bits per heavy atom. The zero-order valence-corrected chi connectivity index (χ0v) is 10.5. The first-order valence-corrected chi connectivity index (χ1v) is 5.52. The second-order valence-electron chi connectivity index (χ2n) is 3.78. The van der Waals surface area contributed by atoms with Crippen molar-refractivity contribution in [2.24, 2.45) is 0 Å². The molecule has 2 aromatic rings. The Morgan fingerprint density at radius 2 is 1.94 bits per heavy atom. The summed E-state index contributed by atoms with van der Waals surface area (Å²) in [6.07, 6.45) is 5.57. The van der Waals surface area contributed by atoms with E-state index in [-0.39, 0.29) is 5.56 Å². The number of nitrogens with zero attached hydrogens (tertiary/aromatic N) is 4. The van der Waals surface area contributed by atoms with Gasteiger partial charge in [-0.15, -0.1) is 0 Å². The summed E-state index contributed by atoms with van der Waals surface area (Å²) >= 11 is 4.18. The molecule has 0 N–H and O–H groups in total. The van der Waals surface area contributed by atoms with Crippen molar-refractivity contribution in [1.29, 1.82) is 0 Å². The molecule has 0 spiro atoms. The van der Waals surface area contributed by atoms with Crippen molar-refractivity contribution >= 4 is 12.8 Å². The molecular weight excluding hydrogens is 236 g/mol. The minimum atomic E-state index is -0.228. The van der Waals surface area contributed by atoms with Crippen LogP contribution >= 0.6 is 12.8 Å². The quantitative estimate of drug-likeness (QED) is 0.803. The molecule has 0 aliphatic heterocycles. The molecule has 5 nitrogen and oxygen atoms in total. The molecule has 0 fully saturated rings. The van der Waals surface area contributed by atoms with E-state index in [1.54, 1.807) is 25.5 Å². The summed E-state index contributed by atoms with van der Waals surface area (Å²) in [5.74, 6) is 1.28. The molecular formula is C11H12N4OS. The zero-order valence-electron chi connectivity index (χ0n) is 9.58. The van der Waals surface area contributed by atoms with E-state index in [0.29, 0.717) is 23.6 Å². The Hall–Kier alpha value is -1.69. The van der Waals surface area contributed by atoms with Crippen LogP contribution in [-0.4, -0.2) is 18.9 Å². The lowest BCUT2D eigenvalue weighted by Gasteiger charge is -2.05. The summed E-state index contributed by atoms with van der Waals surface area (Å²) in [5, 5.41) is 0. The molecule has 0 saturated heterocycles. The van der Waals surface area contributed by atoms with Crippen LogP contribution < -0.4 is 5.56 Å². The van der Waals surface area contributed by atoms with E-state index in [4.69, 9.17) is 0 Å². The second kappa shape index (κ2) is 4.67. The highest BCUT2D eigenvalue weighted by atomic mass is 32.1. The number of rotatable bonds is 2. The van der Waals surface area contributed by atoms with Crippen molar-refractivity contribution in [2.75, 3.05) is 0 Å². The molecule has 0 aromatic carbocycles. The lowest BCUT2D eigenvalue weighted by atomic mass is 10.1. The summed E-state index contributed by atoms with van der Waals surface area (Å²) in [7, 11) is 0. The molecule has 0 atom stereocenters. The highest BCUT2D eigenvalue weighted by molar-refractivity contribution is 7.78. The van der Waals surface area contributed by atoms with Gasteiger partial charge >= 0.3 is 0 Å². The van der Waals surface area contributed by atoms with E-state index in [1.165, 1.54) is 3.97 Å². The monoisotopic (exact) mass is 248 g/mol. The summed E-state index contributed by atoms with van der Waals surface area (Å²) in [6.45, 7) is 3.55. The van der Waals surface area contributed by atoms with E-state index in [9.17, 15) is 4.79 Å². The van der Waals surface area contributed by atoms with Gasteiger partial charge in [-0.3, -0.25) is 8.77 Å². The third-order valence-electron chi connectivity index (χ3n) is 2.38. The zero-order chi connectivity index (χ0) is 12.4. The number of hydrogen-bond donors (Lipinski definition) is 1. The van der Waals surface area contributed by atoms with E-state index < -0.39 is 0 Å². The van der Waals surface area contributed by atoms with Crippen molar-refractivity contribution < 1.29 is 0 Å². The van der Waals surface area contributed by atoms with Gasteiger partial charge in [-0.05, 0) is 19.4 Å². The largest absolute Gasteiger partial charge is 0.281 e. The summed E-state index contributed by atoms with van der Waals surface area (Å²) < 4.78 is 1.53. The van der Waals surface area contributed by atoms with Crippen molar-refractivity contribution in [2.45, 2.75) is 20.3 Å². The van der Waals surface area contributed by atoms with Crippen LogP contribution in [0.4, 0.5) is 0 Å². The van der Waals surface area contributed by atoms with Crippen LogP contribution in [0.3, 0.4) is 0 Å². The minimum Gasteiger partial charge on any atom is -0.281 e. The van der Waals surface area contributed by atoms with Gasteiger partial charge in [0, 0.05) is 30.6 Å². The SMILES string of the molecule is Cc1ncc(Cc2cn(S)c(C)nc2=O)cn1. The highest BCUT2D eigenvalue weighted by Crippen LogP contribution is 2.05. The smallest absolute Gasteiger partial charge is 0.276 e. The second-order valence-corrected chi connectivity index (χ2v) is 4.21. The normalized spacial score (nSPS) is 10.5. The van der Waals surface area contributed by atoms with Crippen LogP contribution in [0.15, 0.2) is 23.4 Å². The Bertz CT molecular complexity index is 591. The van der Waals surface area contributed by atoms with Crippen molar-refractivity contribution in [3.8, 4) is 0 Å². The van der Waals surface area contributed by atoms with Crippen LogP contribution in [0, 0.1) is 13.8 Å². The van der Waals surface area contributed by atoms with Gasteiger partial charge in [-0.1, -0.05) is 12.8 Å². The lowest BCUT2D eigenvalue weighted by Crippen LogP contribution is -2.17. The Labute approximate surface area is 104 Å². The van der Waals surface area contributed by atoms with Crippen LogP contribution in [-0.2, 0) is 6.42 Å². The molecule has 17 heavy (non-hydrogen) atoms. The third-order valence-corrected chi connectivity index (χ3v) is 2.78. The first-order valence-electron chi connectivity index (χ1n) is 5.12. The van der Waals surface area contributed by atoms with E-state index in [0.717, 1.165) is 5.56 Å². The summed E-state index contributed by atoms with van der Waals surface area (Å²) in [4.78, 5) is 23.7. The number of aromatic nitrogens is 4. The maximum absolute atomic E-state index is 11.7. The van der Waals surface area contributed by atoms with Gasteiger partial charge in [0.1, 0.15) is 11.6 Å². The Kier molecular flexibility index (Phi) is 3.23. The van der Waals surface area contributed by atoms with Crippen LogP contribution in [0.25, 0.3) is 0 Å².